The highest BCUT2D eigenvalue weighted by molar-refractivity contribution is 5.66. The minimum atomic E-state index is 0.558. The Kier molecular flexibility index (Phi) is 2.82. The summed E-state index contributed by atoms with van der Waals surface area (Å²) in [4.78, 5) is 2.28. The minimum absolute atomic E-state index is 0.558. The van der Waals surface area contributed by atoms with Crippen molar-refractivity contribution in [2.24, 2.45) is 13.0 Å². The van der Waals surface area contributed by atoms with Crippen LogP contribution in [0.2, 0.25) is 0 Å². The first-order chi connectivity index (χ1) is 7.56. The Balaban J connectivity index is 2.27. The van der Waals surface area contributed by atoms with Crippen molar-refractivity contribution in [2.45, 2.75) is 39.2 Å². The summed E-state index contributed by atoms with van der Waals surface area (Å²) in [5.74, 6) is 1.90. The molecule has 0 amide bonds. The first-order valence-electron chi connectivity index (χ1n) is 6.10. The molecule has 4 heteroatoms. The highest BCUT2D eigenvalue weighted by atomic mass is 15.4. The van der Waals surface area contributed by atoms with E-state index in [9.17, 15) is 0 Å². The topological polar surface area (TPSA) is 47.1 Å². The number of hydrogen-bond acceptors (Lipinski definition) is 3. The fourth-order valence-corrected chi connectivity index (χ4v) is 2.35. The third-order valence-electron chi connectivity index (χ3n) is 3.71. The van der Waals surface area contributed by atoms with Gasteiger partial charge in [0, 0.05) is 20.1 Å². The highest BCUT2D eigenvalue weighted by Crippen LogP contribution is 2.37. The van der Waals surface area contributed by atoms with Gasteiger partial charge in [0.1, 0.15) is 5.82 Å². The van der Waals surface area contributed by atoms with Crippen LogP contribution in [0.1, 0.15) is 32.4 Å². The SMILES string of the molecule is CCc1nn(C)c(N(C)C(C)C2CC2)c1N. The zero-order chi connectivity index (χ0) is 11.9. The Labute approximate surface area is 97.4 Å². The molecular weight excluding hydrogens is 200 g/mol. The number of hydrogen-bond donors (Lipinski definition) is 1. The van der Waals surface area contributed by atoms with Crippen molar-refractivity contribution in [3.05, 3.63) is 5.69 Å². The molecule has 0 saturated heterocycles. The molecule has 2 N–H and O–H groups in total. The van der Waals surface area contributed by atoms with Gasteiger partial charge < -0.3 is 10.6 Å². The maximum atomic E-state index is 6.15. The van der Waals surface area contributed by atoms with Crippen LogP contribution >= 0.6 is 0 Å². The Bertz CT molecular complexity index is 379. The molecule has 1 aliphatic carbocycles. The molecule has 1 heterocycles. The minimum Gasteiger partial charge on any atom is -0.394 e. The third kappa shape index (κ3) is 1.77. The summed E-state index contributed by atoms with van der Waals surface area (Å²) < 4.78 is 1.91. The Hall–Kier alpha value is -1.19. The molecule has 1 aliphatic rings. The molecule has 1 atom stereocenters. The van der Waals surface area contributed by atoms with Crippen LogP contribution in [0.5, 0.6) is 0 Å². The van der Waals surface area contributed by atoms with Gasteiger partial charge in [-0.05, 0) is 32.1 Å². The molecule has 0 radical (unpaired) electrons. The Morgan fingerprint density at radius 1 is 1.56 bits per heavy atom. The van der Waals surface area contributed by atoms with Gasteiger partial charge in [0.2, 0.25) is 0 Å². The summed E-state index contributed by atoms with van der Waals surface area (Å²) in [6.45, 7) is 4.36. The molecule has 1 unspecified atom stereocenters. The Morgan fingerprint density at radius 3 is 2.62 bits per heavy atom. The van der Waals surface area contributed by atoms with E-state index in [0.717, 1.165) is 29.5 Å². The maximum absolute atomic E-state index is 6.15. The standard InChI is InChI=1S/C12H22N4/c1-5-10-11(13)12(16(4)14-10)15(3)8(2)9-6-7-9/h8-9H,5-7,13H2,1-4H3. The fourth-order valence-electron chi connectivity index (χ4n) is 2.35. The molecule has 1 saturated carbocycles. The van der Waals surface area contributed by atoms with E-state index in [1.165, 1.54) is 12.8 Å². The molecule has 0 aliphatic heterocycles. The van der Waals surface area contributed by atoms with Crippen LogP contribution in [0, 0.1) is 5.92 Å². The van der Waals surface area contributed by atoms with Crippen LogP contribution in [-0.4, -0.2) is 22.9 Å². The van der Waals surface area contributed by atoms with Crippen molar-refractivity contribution in [3.8, 4) is 0 Å². The predicted octanol–water partition coefficient (Wildman–Crippen LogP) is 1.80. The first kappa shape index (κ1) is 11.3. The van der Waals surface area contributed by atoms with Gasteiger partial charge in [0.25, 0.3) is 0 Å². The number of nitrogens with two attached hydrogens (primary N) is 1. The van der Waals surface area contributed by atoms with Crippen molar-refractivity contribution in [3.63, 3.8) is 0 Å². The zero-order valence-corrected chi connectivity index (χ0v) is 10.7. The van der Waals surface area contributed by atoms with Crippen LogP contribution in [-0.2, 0) is 13.5 Å². The normalized spacial score (nSPS) is 17.5. The number of anilines is 2. The van der Waals surface area contributed by atoms with Crippen molar-refractivity contribution in [1.29, 1.82) is 0 Å². The molecule has 0 spiro atoms. The predicted molar refractivity (Wildman–Crippen MR) is 67.6 cm³/mol. The molecule has 1 fully saturated rings. The van der Waals surface area contributed by atoms with Gasteiger partial charge in [-0.3, -0.25) is 4.68 Å². The van der Waals surface area contributed by atoms with Gasteiger partial charge in [-0.25, -0.2) is 0 Å². The van der Waals surface area contributed by atoms with Crippen LogP contribution < -0.4 is 10.6 Å². The third-order valence-corrected chi connectivity index (χ3v) is 3.71. The molecule has 4 nitrogen and oxygen atoms in total. The van der Waals surface area contributed by atoms with E-state index in [0.29, 0.717) is 6.04 Å². The lowest BCUT2D eigenvalue weighted by atomic mass is 10.2. The molecule has 1 aromatic rings. The lowest BCUT2D eigenvalue weighted by molar-refractivity contribution is 0.587. The second kappa shape index (κ2) is 4.00. The van der Waals surface area contributed by atoms with Crippen LogP contribution in [0.25, 0.3) is 0 Å². The number of aromatic nitrogens is 2. The van der Waals surface area contributed by atoms with E-state index in [2.05, 4.69) is 30.9 Å². The molecule has 2 rings (SSSR count). The van der Waals surface area contributed by atoms with Gasteiger partial charge >= 0.3 is 0 Å². The largest absolute Gasteiger partial charge is 0.394 e. The molecule has 16 heavy (non-hydrogen) atoms. The molecular formula is C12H22N4. The maximum Gasteiger partial charge on any atom is 0.150 e. The Morgan fingerprint density at radius 2 is 2.19 bits per heavy atom. The van der Waals surface area contributed by atoms with Gasteiger partial charge in [-0.15, -0.1) is 0 Å². The molecule has 0 aromatic carbocycles. The number of nitrogen functional groups attached to an aromatic ring is 1. The average molecular weight is 222 g/mol. The summed E-state index contributed by atoms with van der Waals surface area (Å²) in [6, 6.07) is 0.558. The number of rotatable bonds is 4. The number of aryl methyl sites for hydroxylation is 2. The summed E-state index contributed by atoms with van der Waals surface area (Å²) in [6.07, 6.45) is 3.60. The zero-order valence-electron chi connectivity index (χ0n) is 10.7. The molecule has 0 bridgehead atoms. The highest BCUT2D eigenvalue weighted by Gasteiger charge is 2.32. The lowest BCUT2D eigenvalue weighted by Gasteiger charge is -2.27. The molecule has 1 aromatic heterocycles. The van der Waals surface area contributed by atoms with Crippen LogP contribution in [0.3, 0.4) is 0 Å². The summed E-state index contributed by atoms with van der Waals surface area (Å²) in [5, 5.41) is 4.46. The first-order valence-corrected chi connectivity index (χ1v) is 6.10. The van der Waals surface area contributed by atoms with Crippen LogP contribution in [0.15, 0.2) is 0 Å². The second-order valence-corrected chi connectivity index (χ2v) is 4.85. The fraction of sp³-hybridized carbons (Fsp3) is 0.750. The van der Waals surface area contributed by atoms with Crippen LogP contribution in [0.4, 0.5) is 11.5 Å². The van der Waals surface area contributed by atoms with Crippen molar-refractivity contribution in [2.75, 3.05) is 17.7 Å². The quantitative estimate of drug-likeness (QED) is 0.845. The van der Waals surface area contributed by atoms with Gasteiger partial charge in [0.05, 0.1) is 11.4 Å². The summed E-state index contributed by atoms with van der Waals surface area (Å²) in [5.41, 5.74) is 8.00. The molecule has 90 valence electrons. The van der Waals surface area contributed by atoms with E-state index < -0.39 is 0 Å². The van der Waals surface area contributed by atoms with Crippen molar-refractivity contribution >= 4 is 11.5 Å². The smallest absolute Gasteiger partial charge is 0.150 e. The second-order valence-electron chi connectivity index (χ2n) is 4.85. The van der Waals surface area contributed by atoms with Gasteiger partial charge in [0.15, 0.2) is 0 Å². The van der Waals surface area contributed by atoms with Crippen molar-refractivity contribution < 1.29 is 0 Å². The van der Waals surface area contributed by atoms with E-state index in [1.807, 2.05) is 11.7 Å². The summed E-state index contributed by atoms with van der Waals surface area (Å²) >= 11 is 0. The van der Waals surface area contributed by atoms with Gasteiger partial charge in [-0.1, -0.05) is 6.92 Å². The van der Waals surface area contributed by atoms with E-state index in [-0.39, 0.29) is 0 Å². The van der Waals surface area contributed by atoms with E-state index in [1.54, 1.807) is 0 Å². The van der Waals surface area contributed by atoms with Crippen molar-refractivity contribution in [1.82, 2.24) is 9.78 Å². The number of nitrogens with zero attached hydrogens (tertiary/aromatic N) is 3. The summed E-state index contributed by atoms with van der Waals surface area (Å²) in [7, 11) is 4.09. The monoisotopic (exact) mass is 222 g/mol. The van der Waals surface area contributed by atoms with E-state index >= 15 is 0 Å². The van der Waals surface area contributed by atoms with Gasteiger partial charge in [-0.2, -0.15) is 5.10 Å². The average Bonchev–Trinajstić information content (AvgIpc) is 3.04. The van der Waals surface area contributed by atoms with E-state index in [4.69, 9.17) is 5.73 Å². The lowest BCUT2D eigenvalue weighted by Crippen LogP contribution is -2.32.